The van der Waals surface area contributed by atoms with Gasteiger partial charge in [-0.25, -0.2) is 4.98 Å². The van der Waals surface area contributed by atoms with Gasteiger partial charge in [0.05, 0.1) is 28.3 Å². The predicted octanol–water partition coefficient (Wildman–Crippen LogP) is 3.24. The molecule has 1 N–H and O–H groups in total. The second kappa shape index (κ2) is 9.22. The number of likely N-dealkylation sites (N-methyl/N-ethyl adjacent to an activating group) is 1. The molecule has 6 nitrogen and oxygen atoms in total. The number of amides is 2. The molecule has 1 aromatic carbocycles. The zero-order chi connectivity index (χ0) is 21.0. The first-order chi connectivity index (χ1) is 13.7. The summed E-state index contributed by atoms with van der Waals surface area (Å²) in [6.45, 7) is 10.6. The lowest BCUT2D eigenvalue weighted by atomic mass is 9.98. The van der Waals surface area contributed by atoms with Crippen LogP contribution in [-0.4, -0.2) is 64.9 Å². The molecule has 0 radical (unpaired) electrons. The Bertz CT molecular complexity index is 825. The fourth-order valence-electron chi connectivity index (χ4n) is 3.70. The minimum absolute atomic E-state index is 0.0434. The van der Waals surface area contributed by atoms with E-state index in [1.807, 2.05) is 55.7 Å². The summed E-state index contributed by atoms with van der Waals surface area (Å²) in [4.78, 5) is 33.8. The number of aromatic nitrogens is 1. The average Bonchev–Trinajstić information content (AvgIpc) is 3.10. The minimum atomic E-state index is -0.266. The number of thiazole rings is 1. The third kappa shape index (κ3) is 6.00. The topological polar surface area (TPSA) is 65.5 Å². The molecular weight excluding hydrogens is 384 g/mol. The first kappa shape index (κ1) is 21.7. The number of nitrogens with one attached hydrogen (secondary N) is 1. The number of nitrogens with zero attached hydrogens (tertiary/aromatic N) is 3. The fraction of sp³-hybridized carbons (Fsp3) is 0.591. The lowest BCUT2D eigenvalue weighted by Crippen LogP contribution is -2.49. The van der Waals surface area contributed by atoms with E-state index in [0.29, 0.717) is 19.0 Å². The quantitative estimate of drug-likeness (QED) is 0.785. The largest absolute Gasteiger partial charge is 0.350 e. The molecular formula is C22H32N4O2S. The Morgan fingerprint density at radius 1 is 1.28 bits per heavy atom. The summed E-state index contributed by atoms with van der Waals surface area (Å²) in [5.74, 6) is 0.351. The standard InChI is InChI=1S/C22H32N4O2S/c1-5-25(14-19(27)24-22(2,3)4)15-20(28)26-12-8-9-16(13-26)21-23-17-10-6-7-11-18(17)29-21/h6-7,10-11,16H,5,8-9,12-15H2,1-4H3,(H,24,27)/t16-/m1/s1. The molecule has 0 bridgehead atoms. The van der Waals surface area contributed by atoms with Gasteiger partial charge in [-0.05, 0) is 52.3 Å². The van der Waals surface area contributed by atoms with Crippen molar-refractivity contribution in [3.63, 3.8) is 0 Å². The van der Waals surface area contributed by atoms with Gasteiger partial charge in [0.1, 0.15) is 0 Å². The molecule has 1 atom stereocenters. The van der Waals surface area contributed by atoms with Crippen molar-refractivity contribution >= 4 is 33.4 Å². The number of likely N-dealkylation sites (tertiary alicyclic amines) is 1. The number of fused-ring (bicyclic) bond motifs is 1. The Morgan fingerprint density at radius 2 is 2.03 bits per heavy atom. The molecule has 1 saturated heterocycles. The van der Waals surface area contributed by atoms with Gasteiger partial charge >= 0.3 is 0 Å². The van der Waals surface area contributed by atoms with Crippen LogP contribution in [0.5, 0.6) is 0 Å². The van der Waals surface area contributed by atoms with Gasteiger partial charge in [0.15, 0.2) is 0 Å². The third-order valence-corrected chi connectivity index (χ3v) is 6.32. The van der Waals surface area contributed by atoms with Gasteiger partial charge in [-0.15, -0.1) is 11.3 Å². The van der Waals surface area contributed by atoms with Crippen molar-refractivity contribution in [2.24, 2.45) is 0 Å². The van der Waals surface area contributed by atoms with E-state index in [0.717, 1.165) is 29.9 Å². The Balaban J connectivity index is 1.59. The van der Waals surface area contributed by atoms with Gasteiger partial charge in [-0.3, -0.25) is 14.5 Å². The number of hydrogen-bond donors (Lipinski definition) is 1. The average molecular weight is 417 g/mol. The zero-order valence-electron chi connectivity index (χ0n) is 17.9. The first-order valence-corrected chi connectivity index (χ1v) is 11.2. The number of piperidine rings is 1. The highest BCUT2D eigenvalue weighted by Crippen LogP contribution is 2.32. The second-order valence-electron chi connectivity index (χ2n) is 8.80. The fourth-order valence-corrected chi connectivity index (χ4v) is 4.79. The van der Waals surface area contributed by atoms with Crippen molar-refractivity contribution in [3.8, 4) is 0 Å². The van der Waals surface area contributed by atoms with Crippen molar-refractivity contribution in [1.82, 2.24) is 20.1 Å². The molecule has 0 spiro atoms. The molecule has 0 aliphatic carbocycles. The van der Waals surface area contributed by atoms with Crippen LogP contribution in [0.1, 0.15) is 51.5 Å². The van der Waals surface area contributed by atoms with Crippen LogP contribution in [-0.2, 0) is 9.59 Å². The van der Waals surface area contributed by atoms with Crippen molar-refractivity contribution in [2.45, 2.75) is 52.0 Å². The molecule has 1 fully saturated rings. The number of carbonyl (C=O) groups is 2. The van der Waals surface area contributed by atoms with Crippen LogP contribution in [0.25, 0.3) is 10.2 Å². The molecule has 2 aromatic rings. The maximum Gasteiger partial charge on any atom is 0.236 e. The number of benzene rings is 1. The second-order valence-corrected chi connectivity index (χ2v) is 9.86. The van der Waals surface area contributed by atoms with Gasteiger partial charge in [0.2, 0.25) is 11.8 Å². The van der Waals surface area contributed by atoms with Gasteiger partial charge in [-0.2, -0.15) is 0 Å². The van der Waals surface area contributed by atoms with E-state index in [1.54, 1.807) is 11.3 Å². The Kier molecular flexibility index (Phi) is 6.90. The van der Waals surface area contributed by atoms with E-state index in [2.05, 4.69) is 11.4 Å². The molecule has 2 heterocycles. The molecule has 1 aliphatic heterocycles. The van der Waals surface area contributed by atoms with Crippen LogP contribution >= 0.6 is 11.3 Å². The molecule has 1 aliphatic rings. The summed E-state index contributed by atoms with van der Waals surface area (Å²) in [5.41, 5.74) is 0.774. The van der Waals surface area contributed by atoms with E-state index in [1.165, 1.54) is 4.70 Å². The first-order valence-electron chi connectivity index (χ1n) is 10.4. The zero-order valence-corrected chi connectivity index (χ0v) is 18.7. The minimum Gasteiger partial charge on any atom is -0.350 e. The molecule has 7 heteroatoms. The lowest BCUT2D eigenvalue weighted by Gasteiger charge is -2.33. The molecule has 2 amide bonds. The summed E-state index contributed by atoms with van der Waals surface area (Å²) in [5, 5.41) is 4.09. The Hall–Kier alpha value is -1.99. The van der Waals surface area contributed by atoms with E-state index in [-0.39, 0.29) is 30.4 Å². The molecule has 158 valence electrons. The lowest BCUT2D eigenvalue weighted by molar-refractivity contribution is -0.134. The Morgan fingerprint density at radius 3 is 2.72 bits per heavy atom. The van der Waals surface area contributed by atoms with E-state index in [9.17, 15) is 9.59 Å². The number of rotatable bonds is 6. The molecule has 3 rings (SSSR count). The summed E-state index contributed by atoms with van der Waals surface area (Å²) < 4.78 is 1.20. The molecule has 1 aromatic heterocycles. The van der Waals surface area contributed by atoms with Crippen LogP contribution < -0.4 is 5.32 Å². The summed E-state index contributed by atoms with van der Waals surface area (Å²) in [7, 11) is 0. The number of para-hydroxylation sites is 1. The van der Waals surface area contributed by atoms with Crippen LogP contribution in [0.15, 0.2) is 24.3 Å². The van der Waals surface area contributed by atoms with Gasteiger partial charge in [0, 0.05) is 24.5 Å². The van der Waals surface area contributed by atoms with Crippen molar-refractivity contribution in [1.29, 1.82) is 0 Å². The normalized spacial score (nSPS) is 17.7. The predicted molar refractivity (Wildman–Crippen MR) is 118 cm³/mol. The maximum atomic E-state index is 12.9. The van der Waals surface area contributed by atoms with Gasteiger partial charge < -0.3 is 10.2 Å². The van der Waals surface area contributed by atoms with Crippen molar-refractivity contribution < 1.29 is 9.59 Å². The van der Waals surface area contributed by atoms with Crippen LogP contribution in [0, 0.1) is 0 Å². The molecule has 0 unspecified atom stereocenters. The number of hydrogen-bond acceptors (Lipinski definition) is 5. The van der Waals surface area contributed by atoms with Crippen LogP contribution in [0.4, 0.5) is 0 Å². The van der Waals surface area contributed by atoms with Crippen molar-refractivity contribution in [3.05, 3.63) is 29.3 Å². The highest BCUT2D eigenvalue weighted by Gasteiger charge is 2.28. The smallest absolute Gasteiger partial charge is 0.236 e. The molecule has 0 saturated carbocycles. The monoisotopic (exact) mass is 416 g/mol. The van der Waals surface area contributed by atoms with Gasteiger partial charge in [0.25, 0.3) is 0 Å². The van der Waals surface area contributed by atoms with Crippen LogP contribution in [0.2, 0.25) is 0 Å². The van der Waals surface area contributed by atoms with E-state index in [4.69, 9.17) is 4.98 Å². The van der Waals surface area contributed by atoms with E-state index >= 15 is 0 Å². The summed E-state index contributed by atoms with van der Waals surface area (Å²) in [6, 6.07) is 8.20. The van der Waals surface area contributed by atoms with E-state index < -0.39 is 0 Å². The highest BCUT2D eigenvalue weighted by molar-refractivity contribution is 7.18. The summed E-state index contributed by atoms with van der Waals surface area (Å²) >= 11 is 1.74. The van der Waals surface area contributed by atoms with Crippen LogP contribution in [0.3, 0.4) is 0 Å². The van der Waals surface area contributed by atoms with Gasteiger partial charge in [-0.1, -0.05) is 19.1 Å². The SMILES string of the molecule is CCN(CC(=O)NC(C)(C)C)CC(=O)N1CCC[C@@H](c2nc3ccccc3s2)C1. The maximum absolute atomic E-state index is 12.9. The number of carbonyl (C=O) groups excluding carboxylic acids is 2. The summed E-state index contributed by atoms with van der Waals surface area (Å²) in [6.07, 6.45) is 2.05. The highest BCUT2D eigenvalue weighted by atomic mass is 32.1. The van der Waals surface area contributed by atoms with Crippen molar-refractivity contribution in [2.75, 3.05) is 32.7 Å². The Labute approximate surface area is 177 Å². The molecule has 29 heavy (non-hydrogen) atoms. The third-order valence-electron chi connectivity index (χ3n) is 5.12.